The van der Waals surface area contributed by atoms with Crippen LogP contribution < -0.4 is 10.6 Å². The second-order valence-corrected chi connectivity index (χ2v) is 18.3. The third-order valence-electron chi connectivity index (χ3n) is 13.4. The van der Waals surface area contributed by atoms with Gasteiger partial charge in [0.2, 0.25) is 0 Å². The molecule has 0 aliphatic heterocycles. The van der Waals surface area contributed by atoms with Crippen molar-refractivity contribution in [3.05, 3.63) is 180 Å². The average Bonchev–Trinajstić information content (AvgIpc) is 3.33. The number of unbranched alkanes of at least 4 members (excludes halogenated alkanes) is 8. The predicted molar refractivity (Wildman–Crippen MR) is 281 cm³/mol. The summed E-state index contributed by atoms with van der Waals surface area (Å²) in [6, 6.07) is 58.7. The molecule has 2 nitrogen and oxygen atoms in total. The molecule has 1 unspecified atom stereocenters. The lowest BCUT2D eigenvalue weighted by atomic mass is 9.83. The Bertz CT molecular complexity index is 2740. The molecule has 8 aromatic carbocycles. The van der Waals surface area contributed by atoms with E-state index < -0.39 is 0 Å². The Balaban J connectivity index is 1.00. The monoisotopic (exact) mass is 841 g/mol. The second kappa shape index (κ2) is 21.5. The Morgan fingerprint density at radius 3 is 1.27 bits per heavy atom. The molecule has 0 heterocycles. The van der Waals surface area contributed by atoms with Gasteiger partial charge in [-0.25, -0.2) is 0 Å². The molecule has 2 heteroatoms. The summed E-state index contributed by atoms with van der Waals surface area (Å²) in [5.74, 6) is 0.594. The third kappa shape index (κ3) is 10.6. The molecule has 1 atom stereocenters. The molecule has 64 heavy (non-hydrogen) atoms. The summed E-state index contributed by atoms with van der Waals surface area (Å²) in [7, 11) is 0. The summed E-state index contributed by atoms with van der Waals surface area (Å²) in [5.41, 5.74) is 17.5. The third-order valence-corrected chi connectivity index (χ3v) is 13.4. The van der Waals surface area contributed by atoms with Crippen molar-refractivity contribution in [1.82, 2.24) is 0 Å². The number of benzene rings is 8. The van der Waals surface area contributed by atoms with Gasteiger partial charge in [0.15, 0.2) is 0 Å². The molecular weight excluding hydrogens is 773 g/mol. The van der Waals surface area contributed by atoms with Crippen molar-refractivity contribution < 1.29 is 0 Å². The summed E-state index contributed by atoms with van der Waals surface area (Å²) in [6.07, 6.45) is 15.7. The predicted octanol–water partition coefficient (Wildman–Crippen LogP) is 19.1. The molecule has 326 valence electrons. The Labute approximate surface area is 384 Å². The van der Waals surface area contributed by atoms with E-state index in [0.717, 1.165) is 29.2 Å². The van der Waals surface area contributed by atoms with Crippen LogP contribution in [0.15, 0.2) is 158 Å². The largest absolute Gasteiger partial charge is 0.356 e. The molecule has 8 aromatic rings. The van der Waals surface area contributed by atoms with E-state index in [1.165, 1.54) is 148 Å². The summed E-state index contributed by atoms with van der Waals surface area (Å²) in [4.78, 5) is 0. The molecule has 0 radical (unpaired) electrons. The first kappa shape index (κ1) is 44.5. The zero-order valence-corrected chi connectivity index (χ0v) is 39.1. The number of aryl methyl sites for hydroxylation is 3. The quantitative estimate of drug-likeness (QED) is 0.0747. The highest BCUT2D eigenvalue weighted by atomic mass is 14.9. The Morgan fingerprint density at radius 1 is 0.406 bits per heavy atom. The molecule has 0 amide bonds. The van der Waals surface area contributed by atoms with Gasteiger partial charge in [-0.15, -0.1) is 0 Å². The van der Waals surface area contributed by atoms with E-state index in [9.17, 15) is 0 Å². The second-order valence-electron chi connectivity index (χ2n) is 18.3. The first-order chi connectivity index (χ1) is 31.4. The van der Waals surface area contributed by atoms with Crippen molar-refractivity contribution >= 4 is 44.3 Å². The highest BCUT2D eigenvalue weighted by Gasteiger charge is 2.19. The highest BCUT2D eigenvalue weighted by molar-refractivity contribution is 6.14. The minimum Gasteiger partial charge on any atom is -0.356 e. The molecule has 0 fully saturated rings. The zero-order chi connectivity index (χ0) is 44.3. The maximum absolute atomic E-state index is 3.65. The first-order valence-corrected chi connectivity index (χ1v) is 24.4. The van der Waals surface area contributed by atoms with E-state index >= 15 is 0 Å². The van der Waals surface area contributed by atoms with Gasteiger partial charge in [0.1, 0.15) is 0 Å². The maximum atomic E-state index is 3.65. The van der Waals surface area contributed by atoms with Crippen molar-refractivity contribution in [3.63, 3.8) is 0 Å². The molecule has 0 aromatic heterocycles. The van der Waals surface area contributed by atoms with Crippen LogP contribution in [-0.2, 0) is 6.42 Å². The van der Waals surface area contributed by atoms with E-state index in [2.05, 4.69) is 203 Å². The molecule has 2 N–H and O–H groups in total. The van der Waals surface area contributed by atoms with Crippen molar-refractivity contribution in [3.8, 4) is 33.4 Å². The lowest BCUT2D eigenvalue weighted by molar-refractivity contribution is 0.580. The summed E-state index contributed by atoms with van der Waals surface area (Å²) in [5, 5.41) is 12.4. The van der Waals surface area contributed by atoms with Crippen LogP contribution in [-0.4, -0.2) is 0 Å². The molecule has 0 saturated heterocycles. The van der Waals surface area contributed by atoms with Crippen LogP contribution in [0, 0.1) is 13.8 Å². The van der Waals surface area contributed by atoms with Crippen LogP contribution in [0.4, 0.5) is 22.7 Å². The lowest BCUT2D eigenvalue weighted by Crippen LogP contribution is -1.96. The van der Waals surface area contributed by atoms with Gasteiger partial charge in [-0.1, -0.05) is 188 Å². The summed E-state index contributed by atoms with van der Waals surface area (Å²) in [6.45, 7) is 11.5. The van der Waals surface area contributed by atoms with Gasteiger partial charge in [0.05, 0.1) is 0 Å². The minimum absolute atomic E-state index is 0.594. The van der Waals surface area contributed by atoms with Gasteiger partial charge in [0, 0.05) is 22.7 Å². The maximum Gasteiger partial charge on any atom is 0.0384 e. The van der Waals surface area contributed by atoms with Crippen LogP contribution in [0.2, 0.25) is 0 Å². The van der Waals surface area contributed by atoms with E-state index in [4.69, 9.17) is 0 Å². The van der Waals surface area contributed by atoms with Crippen LogP contribution in [0.3, 0.4) is 0 Å². The first-order valence-electron chi connectivity index (χ1n) is 24.4. The fourth-order valence-corrected chi connectivity index (χ4v) is 9.77. The summed E-state index contributed by atoms with van der Waals surface area (Å²) < 4.78 is 0. The molecular formula is C62H68N2. The van der Waals surface area contributed by atoms with Gasteiger partial charge in [-0.2, -0.15) is 0 Å². The Hall–Kier alpha value is -6.12. The van der Waals surface area contributed by atoms with Crippen molar-refractivity contribution in [2.24, 2.45) is 0 Å². The molecule has 8 rings (SSSR count). The topological polar surface area (TPSA) is 24.1 Å². The van der Waals surface area contributed by atoms with E-state index in [1.54, 1.807) is 0 Å². The molecule has 0 bridgehead atoms. The fourth-order valence-electron chi connectivity index (χ4n) is 9.77. The van der Waals surface area contributed by atoms with Gasteiger partial charge in [-0.3, -0.25) is 0 Å². The van der Waals surface area contributed by atoms with E-state index in [0.29, 0.717) is 5.92 Å². The van der Waals surface area contributed by atoms with Gasteiger partial charge < -0.3 is 10.6 Å². The van der Waals surface area contributed by atoms with Gasteiger partial charge in [-0.05, 0) is 165 Å². The number of fused-ring (bicyclic) bond motifs is 2. The van der Waals surface area contributed by atoms with Crippen LogP contribution in [0.1, 0.15) is 120 Å². The zero-order valence-electron chi connectivity index (χ0n) is 39.1. The van der Waals surface area contributed by atoms with Crippen LogP contribution in [0.5, 0.6) is 0 Å². The molecule has 0 spiro atoms. The van der Waals surface area contributed by atoms with E-state index in [-0.39, 0.29) is 0 Å². The number of nitrogens with one attached hydrogen (secondary N) is 2. The normalized spacial score (nSPS) is 11.9. The average molecular weight is 841 g/mol. The van der Waals surface area contributed by atoms with E-state index in [1.807, 2.05) is 0 Å². The highest BCUT2D eigenvalue weighted by Crippen LogP contribution is 2.45. The molecule has 0 aliphatic carbocycles. The molecule has 0 saturated carbocycles. The number of rotatable bonds is 20. The minimum atomic E-state index is 0.594. The van der Waals surface area contributed by atoms with Crippen molar-refractivity contribution in [1.29, 1.82) is 0 Å². The number of anilines is 4. The van der Waals surface area contributed by atoms with Gasteiger partial charge in [0.25, 0.3) is 0 Å². The lowest BCUT2D eigenvalue weighted by Gasteiger charge is -2.21. The van der Waals surface area contributed by atoms with Crippen molar-refractivity contribution in [2.45, 2.75) is 118 Å². The van der Waals surface area contributed by atoms with Crippen LogP contribution >= 0.6 is 0 Å². The fraction of sp³-hybridized carbons (Fsp3) is 0.290. The van der Waals surface area contributed by atoms with Gasteiger partial charge >= 0.3 is 0 Å². The molecule has 0 aliphatic rings. The summed E-state index contributed by atoms with van der Waals surface area (Å²) >= 11 is 0. The van der Waals surface area contributed by atoms with Crippen molar-refractivity contribution in [2.75, 3.05) is 10.6 Å². The number of hydrogen-bond donors (Lipinski definition) is 2. The SMILES string of the molecule is CCCCCCCCc1ccc(Nc2ccc(-c3cc(C)c(-c4c(C)cc(-c5ccc(Nc6ccc(C(C)CCCCCC)cc6)cc5)c5ccccc45)c4ccccc34)cc2)cc1. The number of hydrogen-bond acceptors (Lipinski definition) is 2. The smallest absolute Gasteiger partial charge is 0.0384 e. The Morgan fingerprint density at radius 2 is 0.797 bits per heavy atom. The Kier molecular flexibility index (Phi) is 14.9. The van der Waals surface area contributed by atoms with Crippen LogP contribution in [0.25, 0.3) is 54.9 Å². The standard InChI is InChI=1S/C62H68N2/c1-6-8-10-12-13-15-21-47-26-34-51(35-27-47)63-53-38-30-49(31-39-53)59-42-45(4)61(57-24-18-16-22-55(57)59)62-46(5)43-60(56-23-17-19-25-58(56)62)50-32-40-54(41-33-50)64-52-36-28-48(29-37-52)44(3)20-14-11-9-7-2/h16-19,22-44,63-64H,6-15,20-21H2,1-5H3.